The van der Waals surface area contributed by atoms with E-state index in [2.05, 4.69) is 4.98 Å². The third-order valence-electron chi connectivity index (χ3n) is 4.33. The number of rotatable bonds is 14. The molecule has 0 fully saturated rings. The first-order chi connectivity index (χ1) is 15.2. The number of hydrogen-bond acceptors (Lipinski definition) is 11. The van der Waals surface area contributed by atoms with Crippen LogP contribution in [0.1, 0.15) is 21.0 Å². The molecule has 1 heterocycles. The minimum Gasteiger partial charge on any atom is -0.394 e. The monoisotopic (exact) mass is 461 g/mol. The van der Waals surface area contributed by atoms with Gasteiger partial charge in [-0.15, -0.1) is 0 Å². The molecule has 1 aromatic rings. The van der Waals surface area contributed by atoms with Crippen molar-refractivity contribution >= 4 is 11.8 Å². The number of aliphatic hydroxyl groups is 8. The summed E-state index contributed by atoms with van der Waals surface area (Å²) < 4.78 is 0. The van der Waals surface area contributed by atoms with Crippen molar-refractivity contribution < 1.29 is 50.4 Å². The van der Waals surface area contributed by atoms with Crippen LogP contribution < -0.4 is 0 Å². The number of carbonyl (C=O) groups excluding carboxylic acids is 2. The first-order valence-corrected chi connectivity index (χ1v) is 9.88. The van der Waals surface area contributed by atoms with E-state index in [9.17, 15) is 30.0 Å². The Bertz CT molecular complexity index is 643. The average Bonchev–Trinajstić information content (AvgIpc) is 2.81. The normalized spacial score (nSPS) is 15.0. The molecule has 8 N–H and O–H groups in total. The van der Waals surface area contributed by atoms with Gasteiger partial charge in [-0.05, 0) is 12.1 Å². The highest BCUT2D eigenvalue weighted by Gasteiger charge is 2.26. The van der Waals surface area contributed by atoms with Crippen molar-refractivity contribution in [1.82, 2.24) is 14.8 Å². The number of hydrogen-bond donors (Lipinski definition) is 8. The smallest absolute Gasteiger partial charge is 0.272 e. The van der Waals surface area contributed by atoms with Gasteiger partial charge >= 0.3 is 0 Å². The summed E-state index contributed by atoms with van der Waals surface area (Å²) in [6.07, 6.45) is -5.26. The minimum absolute atomic E-state index is 0.239. The van der Waals surface area contributed by atoms with E-state index in [0.717, 1.165) is 9.80 Å². The van der Waals surface area contributed by atoms with Crippen molar-refractivity contribution in [2.75, 3.05) is 52.6 Å². The maximum absolute atomic E-state index is 12.8. The highest BCUT2D eigenvalue weighted by molar-refractivity contribution is 5.96. The number of aromatic nitrogens is 1. The summed E-state index contributed by atoms with van der Waals surface area (Å²) in [7, 11) is 0. The molecule has 13 heteroatoms. The molecular weight excluding hydrogens is 430 g/mol. The molecule has 1 aromatic heterocycles. The molecule has 32 heavy (non-hydrogen) atoms. The Hall–Kier alpha value is -2.23. The lowest BCUT2D eigenvalue weighted by Gasteiger charge is -2.27. The summed E-state index contributed by atoms with van der Waals surface area (Å²) in [6.45, 7) is -4.10. The van der Waals surface area contributed by atoms with Crippen molar-refractivity contribution in [2.45, 2.75) is 24.4 Å². The van der Waals surface area contributed by atoms with Crippen LogP contribution in [0.3, 0.4) is 0 Å². The Morgan fingerprint density at radius 3 is 1.19 bits per heavy atom. The zero-order chi connectivity index (χ0) is 24.3. The van der Waals surface area contributed by atoms with Crippen LogP contribution in [-0.4, -0.2) is 144 Å². The molecule has 182 valence electrons. The molecule has 0 aliphatic rings. The van der Waals surface area contributed by atoms with Gasteiger partial charge in [0.1, 0.15) is 11.4 Å². The molecule has 0 aromatic carbocycles. The van der Waals surface area contributed by atoms with Crippen molar-refractivity contribution in [1.29, 1.82) is 0 Å². The van der Waals surface area contributed by atoms with Crippen LogP contribution in [0, 0.1) is 0 Å². The van der Waals surface area contributed by atoms with Gasteiger partial charge in [-0.25, -0.2) is 4.98 Å². The number of aliphatic hydroxyl groups excluding tert-OH is 8. The molecular formula is C19H31N3O10. The van der Waals surface area contributed by atoms with Crippen LogP contribution in [0.2, 0.25) is 0 Å². The Morgan fingerprint density at radius 2 is 0.938 bits per heavy atom. The van der Waals surface area contributed by atoms with Gasteiger partial charge in [0.25, 0.3) is 11.8 Å². The Kier molecular flexibility index (Phi) is 12.2. The third kappa shape index (κ3) is 8.72. The number of carbonyl (C=O) groups is 2. The first-order valence-electron chi connectivity index (χ1n) is 9.88. The van der Waals surface area contributed by atoms with Crippen molar-refractivity contribution in [3.05, 3.63) is 29.6 Å². The van der Waals surface area contributed by atoms with Crippen molar-refractivity contribution in [2.24, 2.45) is 0 Å². The lowest BCUT2D eigenvalue weighted by atomic mass is 10.2. The van der Waals surface area contributed by atoms with E-state index in [0.29, 0.717) is 0 Å². The van der Waals surface area contributed by atoms with Crippen LogP contribution in [-0.2, 0) is 0 Å². The van der Waals surface area contributed by atoms with Crippen molar-refractivity contribution in [3.63, 3.8) is 0 Å². The maximum Gasteiger partial charge on any atom is 0.272 e. The summed E-state index contributed by atoms with van der Waals surface area (Å²) >= 11 is 0. The van der Waals surface area contributed by atoms with Crippen LogP contribution in [0.4, 0.5) is 0 Å². The molecule has 0 aliphatic heterocycles. The fourth-order valence-corrected chi connectivity index (χ4v) is 2.73. The van der Waals surface area contributed by atoms with E-state index < -0.39 is 62.7 Å². The summed E-state index contributed by atoms with van der Waals surface area (Å²) in [6, 6.07) is 3.90. The molecule has 2 amide bonds. The molecule has 4 atom stereocenters. The molecule has 1 rings (SSSR count). The molecule has 0 radical (unpaired) electrons. The van der Waals surface area contributed by atoms with Crippen LogP contribution in [0.15, 0.2) is 18.2 Å². The first kappa shape index (κ1) is 27.8. The Balaban J connectivity index is 3.16. The predicted molar refractivity (Wildman–Crippen MR) is 108 cm³/mol. The minimum atomic E-state index is -1.31. The molecule has 13 nitrogen and oxygen atoms in total. The van der Waals surface area contributed by atoms with Gasteiger partial charge in [0.05, 0.1) is 50.8 Å². The van der Waals surface area contributed by atoms with E-state index in [4.69, 9.17) is 20.4 Å². The lowest BCUT2D eigenvalue weighted by molar-refractivity contribution is 0.0200. The predicted octanol–water partition coefficient (Wildman–Crippen LogP) is -4.62. The largest absolute Gasteiger partial charge is 0.394 e. The zero-order valence-electron chi connectivity index (χ0n) is 17.4. The molecule has 0 aliphatic carbocycles. The molecule has 0 spiro atoms. The Morgan fingerprint density at radius 1 is 0.656 bits per heavy atom. The van der Waals surface area contributed by atoms with Gasteiger partial charge < -0.3 is 50.7 Å². The van der Waals surface area contributed by atoms with Crippen LogP contribution in [0.25, 0.3) is 0 Å². The van der Waals surface area contributed by atoms with Gasteiger partial charge in [-0.2, -0.15) is 0 Å². The van der Waals surface area contributed by atoms with E-state index >= 15 is 0 Å². The summed E-state index contributed by atoms with van der Waals surface area (Å²) in [5.74, 6) is -1.59. The quantitative estimate of drug-likeness (QED) is 0.132. The summed E-state index contributed by atoms with van der Waals surface area (Å²) in [4.78, 5) is 31.6. The number of amides is 2. The highest BCUT2D eigenvalue weighted by Crippen LogP contribution is 2.10. The van der Waals surface area contributed by atoms with E-state index in [1.165, 1.54) is 18.2 Å². The summed E-state index contributed by atoms with van der Waals surface area (Å²) in [5, 5.41) is 74.9. The van der Waals surface area contributed by atoms with Crippen molar-refractivity contribution in [3.8, 4) is 0 Å². The second-order valence-electron chi connectivity index (χ2n) is 7.17. The number of nitrogens with zero attached hydrogens (tertiary/aromatic N) is 3. The topological polar surface area (TPSA) is 215 Å². The fraction of sp³-hybridized carbons (Fsp3) is 0.632. The lowest BCUT2D eigenvalue weighted by Crippen LogP contribution is -2.45. The third-order valence-corrected chi connectivity index (χ3v) is 4.33. The molecule has 0 saturated heterocycles. The van der Waals surface area contributed by atoms with E-state index in [1.807, 2.05) is 0 Å². The SMILES string of the molecule is O=C(c1cccc(C(=O)N(CC(O)CO)CC(O)CO)n1)N(CC(O)CO)CC(O)CO. The van der Waals surface area contributed by atoms with E-state index in [1.54, 1.807) is 0 Å². The van der Waals surface area contributed by atoms with Gasteiger partial charge in [0.15, 0.2) is 0 Å². The average molecular weight is 461 g/mol. The summed E-state index contributed by atoms with van der Waals surface area (Å²) in [5.41, 5.74) is -0.479. The molecule has 0 bridgehead atoms. The second-order valence-corrected chi connectivity index (χ2v) is 7.17. The second kappa shape index (κ2) is 14.0. The van der Waals surface area contributed by atoms with Crippen LogP contribution in [0.5, 0.6) is 0 Å². The van der Waals surface area contributed by atoms with Gasteiger partial charge in [0.2, 0.25) is 0 Å². The fourth-order valence-electron chi connectivity index (χ4n) is 2.73. The van der Waals surface area contributed by atoms with Gasteiger partial charge in [-0.1, -0.05) is 6.07 Å². The van der Waals surface area contributed by atoms with Crippen LogP contribution >= 0.6 is 0 Å². The standard InChI is InChI=1S/C19H31N3O10/c23-8-12(27)4-21(5-13(28)9-24)18(31)16-2-1-3-17(20-16)19(32)22(6-14(29)10-25)7-15(30)11-26/h1-3,12-15,23-30H,4-11H2. The zero-order valence-corrected chi connectivity index (χ0v) is 17.4. The molecule has 0 saturated carbocycles. The molecule has 4 unspecified atom stereocenters. The van der Waals surface area contributed by atoms with Gasteiger partial charge in [-0.3, -0.25) is 9.59 Å². The number of pyridine rings is 1. The maximum atomic E-state index is 12.8. The Labute approximate surface area is 184 Å². The van der Waals surface area contributed by atoms with E-state index in [-0.39, 0.29) is 37.6 Å². The highest BCUT2D eigenvalue weighted by atomic mass is 16.3. The van der Waals surface area contributed by atoms with Gasteiger partial charge in [0, 0.05) is 26.2 Å².